The minimum Gasteiger partial charge on any atom is -0.457 e. The van der Waals surface area contributed by atoms with Crippen molar-refractivity contribution in [3.05, 3.63) is 68.3 Å². The lowest BCUT2D eigenvalue weighted by atomic mass is 10.1. The summed E-state index contributed by atoms with van der Waals surface area (Å²) in [5.41, 5.74) is 1.77. The highest BCUT2D eigenvalue weighted by atomic mass is 79.9. The molecule has 2 aromatic rings. The first-order valence-corrected chi connectivity index (χ1v) is 7.35. The van der Waals surface area contributed by atoms with Crippen molar-refractivity contribution in [2.75, 3.05) is 0 Å². The average molecular weight is 382 g/mol. The summed E-state index contributed by atoms with van der Waals surface area (Å²) in [5.74, 6) is 1.22. The third kappa shape index (κ3) is 2.48. The second kappa shape index (κ2) is 5.12. The van der Waals surface area contributed by atoms with E-state index in [-0.39, 0.29) is 0 Å². The highest BCUT2D eigenvalue weighted by Gasteiger charge is 2.30. The Balaban J connectivity index is 2.02. The standard InChI is InChI=1S/C15H10Br2O2/c16-10-7-11-14(18)13(19-15(11)12(17)8-10)6-9-4-2-1-3-5-9/h1-8,14,18H/b13-6-. The minimum absolute atomic E-state index is 0.542. The molecule has 2 nitrogen and oxygen atoms in total. The largest absolute Gasteiger partial charge is 0.457 e. The first-order chi connectivity index (χ1) is 9.15. The third-order valence-corrected chi connectivity index (χ3v) is 3.98. The fraction of sp³-hybridized carbons (Fsp3) is 0.0667. The molecule has 19 heavy (non-hydrogen) atoms. The van der Waals surface area contributed by atoms with Crippen LogP contribution in [0.3, 0.4) is 0 Å². The van der Waals surface area contributed by atoms with Gasteiger partial charge >= 0.3 is 0 Å². The zero-order chi connectivity index (χ0) is 13.4. The molecule has 1 aliphatic heterocycles. The monoisotopic (exact) mass is 380 g/mol. The molecular weight excluding hydrogens is 372 g/mol. The van der Waals surface area contributed by atoms with Crippen molar-refractivity contribution in [3.63, 3.8) is 0 Å². The average Bonchev–Trinajstić information content (AvgIpc) is 2.69. The molecule has 0 aliphatic carbocycles. The zero-order valence-electron chi connectivity index (χ0n) is 9.81. The molecule has 0 aromatic heterocycles. The van der Waals surface area contributed by atoms with Crippen LogP contribution in [0, 0.1) is 0 Å². The Morgan fingerprint density at radius 1 is 1.11 bits per heavy atom. The Hall–Kier alpha value is -1.10. The maximum Gasteiger partial charge on any atom is 0.147 e. The first kappa shape index (κ1) is 12.9. The molecule has 0 bridgehead atoms. The second-order valence-corrected chi connectivity index (χ2v) is 6.04. The summed E-state index contributed by atoms with van der Waals surface area (Å²) < 4.78 is 7.48. The molecule has 1 heterocycles. The summed E-state index contributed by atoms with van der Waals surface area (Å²) in [6, 6.07) is 13.6. The highest BCUT2D eigenvalue weighted by molar-refractivity contribution is 9.11. The van der Waals surface area contributed by atoms with Gasteiger partial charge in [0.15, 0.2) is 0 Å². The number of rotatable bonds is 1. The van der Waals surface area contributed by atoms with Gasteiger partial charge in [-0.25, -0.2) is 0 Å². The molecule has 0 saturated carbocycles. The number of aliphatic hydroxyl groups is 1. The highest BCUT2D eigenvalue weighted by Crippen LogP contribution is 2.45. The van der Waals surface area contributed by atoms with Crippen LogP contribution in [0.5, 0.6) is 5.75 Å². The topological polar surface area (TPSA) is 29.5 Å². The molecule has 1 N–H and O–H groups in total. The molecule has 4 heteroatoms. The van der Waals surface area contributed by atoms with Crippen LogP contribution in [0.15, 0.2) is 57.2 Å². The van der Waals surface area contributed by atoms with E-state index >= 15 is 0 Å². The minimum atomic E-state index is -0.732. The maximum atomic E-state index is 10.3. The van der Waals surface area contributed by atoms with E-state index in [0.29, 0.717) is 11.5 Å². The number of hydrogen-bond acceptors (Lipinski definition) is 2. The molecule has 0 saturated heterocycles. The number of fused-ring (bicyclic) bond motifs is 1. The summed E-state index contributed by atoms with van der Waals surface area (Å²) >= 11 is 6.86. The van der Waals surface area contributed by atoms with Crippen molar-refractivity contribution in [1.82, 2.24) is 0 Å². The fourth-order valence-corrected chi connectivity index (χ4v) is 3.38. The van der Waals surface area contributed by atoms with E-state index in [9.17, 15) is 5.11 Å². The van der Waals surface area contributed by atoms with Gasteiger partial charge in [0.25, 0.3) is 0 Å². The summed E-state index contributed by atoms with van der Waals surface area (Å²) in [7, 11) is 0. The van der Waals surface area contributed by atoms with Crippen molar-refractivity contribution >= 4 is 37.9 Å². The lowest BCUT2D eigenvalue weighted by Crippen LogP contribution is -1.96. The van der Waals surface area contributed by atoms with E-state index in [1.54, 1.807) is 0 Å². The van der Waals surface area contributed by atoms with E-state index in [1.807, 2.05) is 48.5 Å². The Bertz CT molecular complexity index is 651. The Morgan fingerprint density at radius 2 is 1.84 bits per heavy atom. The number of benzene rings is 2. The molecule has 0 amide bonds. The van der Waals surface area contributed by atoms with E-state index < -0.39 is 6.10 Å². The molecule has 3 rings (SSSR count). The van der Waals surface area contributed by atoms with Crippen molar-refractivity contribution in [3.8, 4) is 5.75 Å². The molecule has 1 aliphatic rings. The smallest absolute Gasteiger partial charge is 0.147 e. The van der Waals surface area contributed by atoms with Crippen LogP contribution in [-0.2, 0) is 0 Å². The maximum absolute atomic E-state index is 10.3. The van der Waals surface area contributed by atoms with E-state index in [2.05, 4.69) is 31.9 Å². The van der Waals surface area contributed by atoms with Crippen LogP contribution in [0.1, 0.15) is 17.2 Å². The van der Waals surface area contributed by atoms with E-state index in [4.69, 9.17) is 4.74 Å². The third-order valence-electron chi connectivity index (χ3n) is 2.93. The van der Waals surface area contributed by atoms with Gasteiger partial charge in [-0.1, -0.05) is 46.3 Å². The summed E-state index contributed by atoms with van der Waals surface area (Å²) in [4.78, 5) is 0. The number of ether oxygens (including phenoxy) is 1. The van der Waals surface area contributed by atoms with Gasteiger partial charge in [0, 0.05) is 10.0 Å². The quantitative estimate of drug-likeness (QED) is 0.777. The molecule has 96 valence electrons. The van der Waals surface area contributed by atoms with Crippen molar-refractivity contribution in [1.29, 1.82) is 0 Å². The van der Waals surface area contributed by atoms with Crippen LogP contribution in [0.2, 0.25) is 0 Å². The fourth-order valence-electron chi connectivity index (χ4n) is 2.04. The van der Waals surface area contributed by atoms with Crippen molar-refractivity contribution < 1.29 is 9.84 Å². The predicted molar refractivity (Wildman–Crippen MR) is 81.8 cm³/mol. The SMILES string of the molecule is OC1/C(=C/c2ccccc2)Oc2c(Br)cc(Br)cc21. The van der Waals surface area contributed by atoms with Crippen LogP contribution >= 0.6 is 31.9 Å². The Kier molecular flexibility index (Phi) is 3.48. The molecule has 0 spiro atoms. The molecular formula is C15H10Br2O2. The van der Waals surface area contributed by atoms with Crippen LogP contribution < -0.4 is 4.74 Å². The number of hydrogen-bond donors (Lipinski definition) is 1. The summed E-state index contributed by atoms with van der Waals surface area (Å²) in [6.07, 6.45) is 1.12. The van der Waals surface area contributed by atoms with Gasteiger partial charge in [-0.3, -0.25) is 0 Å². The van der Waals surface area contributed by atoms with Gasteiger partial charge in [0.2, 0.25) is 0 Å². The molecule has 0 radical (unpaired) electrons. The normalized spacial score (nSPS) is 19.3. The predicted octanol–water partition coefficient (Wildman–Crippen LogP) is 4.68. The van der Waals surface area contributed by atoms with Gasteiger partial charge in [0.1, 0.15) is 17.6 Å². The zero-order valence-corrected chi connectivity index (χ0v) is 13.0. The Morgan fingerprint density at radius 3 is 2.58 bits per heavy atom. The number of halogens is 2. The number of aliphatic hydroxyl groups excluding tert-OH is 1. The summed E-state index contributed by atoms with van der Waals surface area (Å²) in [5, 5.41) is 10.3. The van der Waals surface area contributed by atoms with E-state index in [1.165, 1.54) is 0 Å². The van der Waals surface area contributed by atoms with Gasteiger partial charge in [-0.15, -0.1) is 0 Å². The van der Waals surface area contributed by atoms with E-state index in [0.717, 1.165) is 20.1 Å². The molecule has 1 unspecified atom stereocenters. The lowest BCUT2D eigenvalue weighted by molar-refractivity contribution is 0.193. The second-order valence-electron chi connectivity index (χ2n) is 4.27. The molecule has 2 aromatic carbocycles. The van der Waals surface area contributed by atoms with Crippen molar-refractivity contribution in [2.45, 2.75) is 6.10 Å². The van der Waals surface area contributed by atoms with Crippen LogP contribution in [-0.4, -0.2) is 5.11 Å². The van der Waals surface area contributed by atoms with Gasteiger partial charge in [-0.2, -0.15) is 0 Å². The van der Waals surface area contributed by atoms with Gasteiger partial charge in [-0.05, 0) is 39.7 Å². The molecule has 1 atom stereocenters. The van der Waals surface area contributed by atoms with Gasteiger partial charge in [0.05, 0.1) is 4.47 Å². The lowest BCUT2D eigenvalue weighted by Gasteiger charge is -2.03. The van der Waals surface area contributed by atoms with Gasteiger partial charge < -0.3 is 9.84 Å². The van der Waals surface area contributed by atoms with Crippen LogP contribution in [0.4, 0.5) is 0 Å². The first-order valence-electron chi connectivity index (χ1n) is 5.76. The summed E-state index contributed by atoms with van der Waals surface area (Å²) in [6.45, 7) is 0. The Labute approximate surface area is 128 Å². The van der Waals surface area contributed by atoms with Crippen molar-refractivity contribution in [2.24, 2.45) is 0 Å². The van der Waals surface area contributed by atoms with Crippen LogP contribution in [0.25, 0.3) is 6.08 Å². The molecule has 0 fully saturated rings.